The summed E-state index contributed by atoms with van der Waals surface area (Å²) in [6.07, 6.45) is -6.53. The molecule has 0 aliphatic heterocycles. The summed E-state index contributed by atoms with van der Waals surface area (Å²) >= 11 is 0. The standard InChI is InChI=1S/C21H13F6N3O3/c22-20(23,24)12-7-13(21(25,26)27)9-15(8-12)30-18(31)11-33-19(32)6-5-14-10-28-16-3-1-2-4-17(16)29-14/h1-10H,11H2,(H,30,31)/b6-5+. The number of hydrogen-bond acceptors (Lipinski definition) is 5. The first-order chi connectivity index (χ1) is 15.4. The lowest BCUT2D eigenvalue weighted by atomic mass is 10.1. The largest absolute Gasteiger partial charge is 0.452 e. The Bertz CT molecular complexity index is 1190. The number of rotatable bonds is 5. The van der Waals surface area contributed by atoms with Gasteiger partial charge in [-0.1, -0.05) is 12.1 Å². The second-order valence-electron chi connectivity index (χ2n) is 6.57. The Kier molecular flexibility index (Phi) is 6.65. The molecule has 3 aromatic rings. The molecule has 0 saturated carbocycles. The van der Waals surface area contributed by atoms with Crippen LogP contribution in [0.1, 0.15) is 16.8 Å². The maximum atomic E-state index is 12.9. The van der Waals surface area contributed by atoms with Crippen LogP contribution in [0.5, 0.6) is 0 Å². The van der Waals surface area contributed by atoms with Crippen LogP contribution in [-0.2, 0) is 26.7 Å². The number of nitrogens with one attached hydrogen (secondary N) is 1. The summed E-state index contributed by atoms with van der Waals surface area (Å²) < 4.78 is 81.9. The molecule has 0 aliphatic rings. The van der Waals surface area contributed by atoms with Gasteiger partial charge in [0.15, 0.2) is 6.61 Å². The maximum Gasteiger partial charge on any atom is 0.416 e. The summed E-state index contributed by atoms with van der Waals surface area (Å²) in [7, 11) is 0. The van der Waals surface area contributed by atoms with Gasteiger partial charge in [0.25, 0.3) is 5.91 Å². The highest BCUT2D eigenvalue weighted by Gasteiger charge is 2.37. The molecule has 0 fully saturated rings. The number of alkyl halides is 6. The molecular formula is C21H13F6N3O3. The van der Waals surface area contributed by atoms with Gasteiger partial charge >= 0.3 is 18.3 Å². The molecule has 172 valence electrons. The molecule has 2 aromatic carbocycles. The number of halogens is 6. The summed E-state index contributed by atoms with van der Waals surface area (Å²) in [5.74, 6) is -2.12. The van der Waals surface area contributed by atoms with Crippen molar-refractivity contribution >= 4 is 34.7 Å². The molecule has 12 heteroatoms. The summed E-state index contributed by atoms with van der Waals surface area (Å²) in [6, 6.07) is 7.58. The van der Waals surface area contributed by atoms with Crippen molar-refractivity contribution in [1.82, 2.24) is 9.97 Å². The van der Waals surface area contributed by atoms with Gasteiger partial charge < -0.3 is 10.1 Å². The van der Waals surface area contributed by atoms with Crippen LogP contribution in [-0.4, -0.2) is 28.5 Å². The molecular weight excluding hydrogens is 456 g/mol. The molecule has 0 saturated heterocycles. The SMILES string of the molecule is O=C(COC(=O)/C=C/c1cnc2ccccc2n1)Nc1cc(C(F)(F)F)cc(C(F)(F)F)c1. The molecule has 1 N–H and O–H groups in total. The van der Waals surface area contributed by atoms with E-state index in [2.05, 4.69) is 14.7 Å². The van der Waals surface area contributed by atoms with E-state index in [0.717, 1.165) is 6.08 Å². The van der Waals surface area contributed by atoms with Gasteiger partial charge in [-0.25, -0.2) is 9.78 Å². The van der Waals surface area contributed by atoms with E-state index < -0.39 is 47.7 Å². The van der Waals surface area contributed by atoms with Crippen LogP contribution >= 0.6 is 0 Å². The third-order valence-electron chi connectivity index (χ3n) is 4.07. The van der Waals surface area contributed by atoms with Crippen molar-refractivity contribution in [2.75, 3.05) is 11.9 Å². The average Bonchev–Trinajstić information content (AvgIpc) is 2.74. The molecule has 0 unspecified atom stereocenters. The molecule has 0 radical (unpaired) electrons. The Morgan fingerprint density at radius 1 is 0.939 bits per heavy atom. The summed E-state index contributed by atoms with van der Waals surface area (Å²) in [5, 5.41) is 1.85. The monoisotopic (exact) mass is 469 g/mol. The molecule has 1 aromatic heterocycles. The number of para-hydroxylation sites is 2. The van der Waals surface area contributed by atoms with Gasteiger partial charge in [0.2, 0.25) is 0 Å². The van der Waals surface area contributed by atoms with E-state index in [4.69, 9.17) is 0 Å². The number of aromatic nitrogens is 2. The number of hydrogen-bond donors (Lipinski definition) is 1. The second-order valence-corrected chi connectivity index (χ2v) is 6.57. The molecule has 0 spiro atoms. The molecule has 6 nitrogen and oxygen atoms in total. The number of amides is 1. The van der Waals surface area contributed by atoms with Gasteiger partial charge in [-0.2, -0.15) is 26.3 Å². The van der Waals surface area contributed by atoms with Gasteiger partial charge in [0, 0.05) is 11.8 Å². The van der Waals surface area contributed by atoms with Gasteiger partial charge in [-0.3, -0.25) is 9.78 Å². The lowest BCUT2D eigenvalue weighted by Gasteiger charge is -2.14. The smallest absolute Gasteiger partial charge is 0.416 e. The highest BCUT2D eigenvalue weighted by molar-refractivity contribution is 5.94. The van der Waals surface area contributed by atoms with Crippen LogP contribution in [0.25, 0.3) is 17.1 Å². The Morgan fingerprint density at radius 2 is 1.55 bits per heavy atom. The van der Waals surface area contributed by atoms with Crippen LogP contribution in [0, 0.1) is 0 Å². The number of carbonyl (C=O) groups is 2. The van der Waals surface area contributed by atoms with Crippen molar-refractivity contribution in [2.45, 2.75) is 12.4 Å². The molecule has 0 atom stereocenters. The first-order valence-corrected chi connectivity index (χ1v) is 9.08. The fraction of sp³-hybridized carbons (Fsp3) is 0.143. The lowest BCUT2D eigenvalue weighted by Crippen LogP contribution is -2.21. The number of carbonyl (C=O) groups excluding carboxylic acids is 2. The third-order valence-corrected chi connectivity index (χ3v) is 4.07. The van der Waals surface area contributed by atoms with Crippen LogP contribution in [0.15, 0.2) is 54.7 Å². The first kappa shape index (κ1) is 23.7. The molecule has 33 heavy (non-hydrogen) atoms. The number of benzene rings is 2. The van der Waals surface area contributed by atoms with Gasteiger partial charge in [-0.15, -0.1) is 0 Å². The fourth-order valence-electron chi connectivity index (χ4n) is 2.61. The Balaban J connectivity index is 1.62. The van der Waals surface area contributed by atoms with E-state index >= 15 is 0 Å². The zero-order valence-corrected chi connectivity index (χ0v) is 16.4. The van der Waals surface area contributed by atoms with E-state index in [0.29, 0.717) is 28.9 Å². The number of fused-ring (bicyclic) bond motifs is 1. The van der Waals surface area contributed by atoms with Crippen LogP contribution in [0.3, 0.4) is 0 Å². The topological polar surface area (TPSA) is 81.2 Å². The third kappa shape index (κ3) is 6.51. The van der Waals surface area contributed by atoms with E-state index in [-0.39, 0.29) is 6.07 Å². The van der Waals surface area contributed by atoms with Crippen molar-refractivity contribution < 1.29 is 40.7 Å². The minimum Gasteiger partial charge on any atom is -0.452 e. The lowest BCUT2D eigenvalue weighted by molar-refractivity contribution is -0.143. The second kappa shape index (κ2) is 9.27. The van der Waals surface area contributed by atoms with Crippen molar-refractivity contribution in [1.29, 1.82) is 0 Å². The van der Waals surface area contributed by atoms with Crippen molar-refractivity contribution in [3.05, 3.63) is 71.6 Å². The van der Waals surface area contributed by atoms with Crippen molar-refractivity contribution in [3.8, 4) is 0 Å². The van der Waals surface area contributed by atoms with E-state index in [1.165, 1.54) is 12.3 Å². The molecule has 1 heterocycles. The number of nitrogens with zero attached hydrogens (tertiary/aromatic N) is 2. The predicted octanol–water partition coefficient (Wildman–Crippen LogP) is 4.86. The summed E-state index contributed by atoms with van der Waals surface area (Å²) in [4.78, 5) is 32.0. The Morgan fingerprint density at radius 3 is 2.15 bits per heavy atom. The molecule has 3 rings (SSSR count). The number of esters is 1. The van der Waals surface area contributed by atoms with Gasteiger partial charge in [0.1, 0.15) is 0 Å². The fourth-order valence-corrected chi connectivity index (χ4v) is 2.61. The van der Waals surface area contributed by atoms with E-state index in [9.17, 15) is 35.9 Å². The van der Waals surface area contributed by atoms with Crippen LogP contribution < -0.4 is 5.32 Å². The highest BCUT2D eigenvalue weighted by Crippen LogP contribution is 2.37. The van der Waals surface area contributed by atoms with Crippen LogP contribution in [0.2, 0.25) is 0 Å². The van der Waals surface area contributed by atoms with Crippen molar-refractivity contribution in [3.63, 3.8) is 0 Å². The Hall–Kier alpha value is -3.96. The predicted molar refractivity (Wildman–Crippen MR) is 105 cm³/mol. The van der Waals surface area contributed by atoms with Crippen molar-refractivity contribution in [2.24, 2.45) is 0 Å². The molecule has 0 bridgehead atoms. The number of ether oxygens (including phenoxy) is 1. The quantitative estimate of drug-likeness (QED) is 0.328. The average molecular weight is 469 g/mol. The van der Waals surface area contributed by atoms with Crippen LogP contribution in [0.4, 0.5) is 32.0 Å². The zero-order valence-electron chi connectivity index (χ0n) is 16.4. The normalized spacial score (nSPS) is 12.2. The minimum atomic E-state index is -5.07. The summed E-state index contributed by atoms with van der Waals surface area (Å²) in [5.41, 5.74) is -2.41. The highest BCUT2D eigenvalue weighted by atomic mass is 19.4. The molecule has 1 amide bonds. The number of anilines is 1. The zero-order chi connectivity index (χ0) is 24.2. The van der Waals surface area contributed by atoms with E-state index in [1.807, 2.05) is 5.32 Å². The first-order valence-electron chi connectivity index (χ1n) is 9.08. The summed E-state index contributed by atoms with van der Waals surface area (Å²) in [6.45, 7) is -0.940. The van der Waals surface area contributed by atoms with Gasteiger partial charge in [0.05, 0.1) is 34.1 Å². The minimum absolute atomic E-state index is 0.0733. The van der Waals surface area contributed by atoms with E-state index in [1.54, 1.807) is 24.3 Å². The van der Waals surface area contributed by atoms with Gasteiger partial charge in [-0.05, 0) is 36.4 Å². The molecule has 0 aliphatic carbocycles. The Labute approximate surface area is 181 Å². The maximum absolute atomic E-state index is 12.9.